The topological polar surface area (TPSA) is 53.6 Å². The summed E-state index contributed by atoms with van der Waals surface area (Å²) in [5, 5.41) is 0. The minimum absolute atomic E-state index is 0.449. The number of likely N-dealkylation sites (tertiary alicyclic amines) is 1. The van der Waals surface area contributed by atoms with Crippen LogP contribution < -0.4 is 4.74 Å². The van der Waals surface area contributed by atoms with Crippen molar-refractivity contribution in [1.29, 1.82) is 0 Å². The number of methoxy groups -OCH3 is 1. The van der Waals surface area contributed by atoms with Gasteiger partial charge in [0.05, 0.1) is 18.1 Å². The number of nitrogens with zero attached hydrogens (tertiary/aromatic N) is 3. The zero-order valence-corrected chi connectivity index (χ0v) is 17.6. The quantitative estimate of drug-likeness (QED) is 0.658. The maximum atomic E-state index is 5.88. The molecule has 1 aromatic heterocycles. The molecule has 1 atom stereocenters. The van der Waals surface area contributed by atoms with E-state index in [9.17, 15) is 0 Å². The van der Waals surface area contributed by atoms with Crippen LogP contribution in [0.3, 0.4) is 0 Å². The largest absolute Gasteiger partial charge is 0.492 e. The van der Waals surface area contributed by atoms with E-state index in [-0.39, 0.29) is 0 Å². The summed E-state index contributed by atoms with van der Waals surface area (Å²) in [5.41, 5.74) is 2.64. The second-order valence-corrected chi connectivity index (χ2v) is 8.18. The number of fused-ring (bicyclic) bond motifs is 1. The molecule has 0 bridgehead atoms. The number of aromatic nitrogens is 2. The first-order valence-electron chi connectivity index (χ1n) is 11.0. The van der Waals surface area contributed by atoms with E-state index in [2.05, 4.69) is 14.8 Å². The predicted molar refractivity (Wildman–Crippen MR) is 114 cm³/mol. The van der Waals surface area contributed by atoms with E-state index in [1.807, 2.05) is 36.7 Å². The number of hydrogen-bond acceptors (Lipinski definition) is 5. The molecule has 29 heavy (non-hydrogen) atoms. The van der Waals surface area contributed by atoms with Gasteiger partial charge in [-0.25, -0.2) is 4.98 Å². The molecule has 4 rings (SSSR count). The molecule has 1 fully saturated rings. The van der Waals surface area contributed by atoms with Crippen LogP contribution in [-0.2, 0) is 11.2 Å². The van der Waals surface area contributed by atoms with Crippen LogP contribution in [0.25, 0.3) is 0 Å². The molecule has 0 radical (unpaired) electrons. The molecule has 0 saturated carbocycles. The number of rotatable bonds is 9. The fourth-order valence-electron chi connectivity index (χ4n) is 4.84. The average Bonchev–Trinajstić information content (AvgIpc) is 3.24. The van der Waals surface area contributed by atoms with Crippen molar-refractivity contribution in [2.75, 3.05) is 53.0 Å². The van der Waals surface area contributed by atoms with Gasteiger partial charge in [-0.1, -0.05) is 18.2 Å². The van der Waals surface area contributed by atoms with E-state index >= 15 is 0 Å². The van der Waals surface area contributed by atoms with Crippen LogP contribution in [0.2, 0.25) is 0 Å². The lowest BCUT2D eigenvalue weighted by molar-refractivity contribution is 0.0648. The second-order valence-electron chi connectivity index (χ2n) is 8.18. The highest BCUT2D eigenvalue weighted by Crippen LogP contribution is 2.38. The Balaban J connectivity index is 1.30. The Hall–Kier alpha value is -1.89. The molecule has 0 spiro atoms. The van der Waals surface area contributed by atoms with Crippen LogP contribution in [0.15, 0.2) is 36.7 Å². The normalized spacial score (nSPS) is 21.2. The molecule has 2 aliphatic rings. The van der Waals surface area contributed by atoms with E-state index in [1.54, 1.807) is 7.11 Å². The molecule has 1 aromatic carbocycles. The van der Waals surface area contributed by atoms with Gasteiger partial charge in [0.2, 0.25) is 0 Å². The minimum atomic E-state index is 0.449. The predicted octanol–water partition coefficient (Wildman–Crippen LogP) is 3.14. The Morgan fingerprint density at radius 3 is 2.69 bits per heavy atom. The van der Waals surface area contributed by atoms with Gasteiger partial charge in [0, 0.05) is 45.5 Å². The first kappa shape index (κ1) is 20.4. The third-order valence-corrected chi connectivity index (χ3v) is 6.37. The maximum absolute atomic E-state index is 5.88. The molecule has 3 heterocycles. The lowest BCUT2D eigenvalue weighted by Crippen LogP contribution is -2.45. The first-order chi connectivity index (χ1) is 14.3. The lowest BCUT2D eigenvalue weighted by atomic mass is 9.83. The van der Waals surface area contributed by atoms with Gasteiger partial charge in [-0.2, -0.15) is 0 Å². The number of ether oxygens (including phenoxy) is 2. The van der Waals surface area contributed by atoms with Gasteiger partial charge in [0.15, 0.2) is 0 Å². The van der Waals surface area contributed by atoms with Crippen molar-refractivity contribution in [3.05, 3.63) is 48.0 Å². The van der Waals surface area contributed by atoms with Crippen LogP contribution in [0.5, 0.6) is 5.75 Å². The molecule has 2 aliphatic heterocycles. The number of H-pyrrole nitrogens is 1. The number of nitrogens with one attached hydrogen (secondary N) is 1. The number of para-hydroxylation sites is 1. The Morgan fingerprint density at radius 2 is 1.90 bits per heavy atom. The summed E-state index contributed by atoms with van der Waals surface area (Å²) in [5.74, 6) is 1.63. The van der Waals surface area contributed by atoms with Gasteiger partial charge in [0.1, 0.15) is 12.4 Å². The Morgan fingerprint density at radius 1 is 1.07 bits per heavy atom. The number of benzene rings is 1. The zero-order chi connectivity index (χ0) is 19.9. The van der Waals surface area contributed by atoms with Crippen LogP contribution >= 0.6 is 0 Å². The van der Waals surface area contributed by atoms with E-state index < -0.39 is 0 Å². The van der Waals surface area contributed by atoms with E-state index in [4.69, 9.17) is 14.5 Å². The van der Waals surface area contributed by atoms with Crippen molar-refractivity contribution in [1.82, 2.24) is 19.8 Å². The summed E-state index contributed by atoms with van der Waals surface area (Å²) in [4.78, 5) is 13.3. The minimum Gasteiger partial charge on any atom is -0.492 e. The highest BCUT2D eigenvalue weighted by atomic mass is 16.5. The maximum Gasteiger partial charge on any atom is 0.119 e. The lowest BCUT2D eigenvalue weighted by Gasteiger charge is -2.43. The molecule has 6 heteroatoms. The monoisotopic (exact) mass is 398 g/mol. The van der Waals surface area contributed by atoms with Gasteiger partial charge >= 0.3 is 0 Å². The van der Waals surface area contributed by atoms with Gasteiger partial charge in [-0.3, -0.25) is 9.80 Å². The van der Waals surface area contributed by atoms with E-state index in [0.29, 0.717) is 12.0 Å². The number of piperidine rings is 1. The van der Waals surface area contributed by atoms with Crippen molar-refractivity contribution < 1.29 is 9.47 Å². The molecule has 0 amide bonds. The number of hydrogen-bond donors (Lipinski definition) is 1. The summed E-state index contributed by atoms with van der Waals surface area (Å²) in [6.07, 6.45) is 6.50. The highest BCUT2D eigenvalue weighted by Gasteiger charge is 2.36. The molecular weight excluding hydrogens is 364 g/mol. The van der Waals surface area contributed by atoms with Crippen LogP contribution in [-0.4, -0.2) is 72.8 Å². The van der Waals surface area contributed by atoms with Crippen molar-refractivity contribution in [3.8, 4) is 5.75 Å². The zero-order valence-electron chi connectivity index (χ0n) is 17.6. The fourth-order valence-corrected chi connectivity index (χ4v) is 4.84. The van der Waals surface area contributed by atoms with Crippen LogP contribution in [0, 0.1) is 5.92 Å². The van der Waals surface area contributed by atoms with E-state index in [1.165, 1.54) is 24.2 Å². The van der Waals surface area contributed by atoms with Gasteiger partial charge in [0.25, 0.3) is 0 Å². The third-order valence-electron chi connectivity index (χ3n) is 6.37. The second kappa shape index (κ2) is 10.2. The summed E-state index contributed by atoms with van der Waals surface area (Å²) >= 11 is 0. The Labute approximate surface area is 174 Å². The van der Waals surface area contributed by atoms with Gasteiger partial charge in [-0.15, -0.1) is 0 Å². The van der Waals surface area contributed by atoms with Crippen molar-refractivity contribution >= 4 is 0 Å². The molecule has 1 N–H and O–H groups in total. The first-order valence-corrected chi connectivity index (χ1v) is 11.0. The van der Waals surface area contributed by atoms with Crippen molar-refractivity contribution in [3.63, 3.8) is 0 Å². The molecule has 0 aliphatic carbocycles. The van der Waals surface area contributed by atoms with Crippen LogP contribution in [0.4, 0.5) is 0 Å². The number of aromatic amines is 1. The fraction of sp³-hybridized carbons (Fsp3) is 0.609. The summed E-state index contributed by atoms with van der Waals surface area (Å²) in [6, 6.07) is 10.6. The molecular formula is C23H34N4O2. The smallest absolute Gasteiger partial charge is 0.119 e. The van der Waals surface area contributed by atoms with Crippen molar-refractivity contribution in [2.24, 2.45) is 5.92 Å². The SMILES string of the molecule is COCCCN1CCc2[nH]cnc2C1C1CCN(CCOc2ccccc2)CC1. The standard InChI is InChI=1S/C23H34N4O2/c1-28-16-5-11-27-14-10-21-22(25-18-24-21)23(27)19-8-12-26(13-9-19)15-17-29-20-6-3-2-4-7-20/h2-4,6-7,18-19,23H,5,8-17H2,1H3,(H,24,25). The van der Waals surface area contributed by atoms with Gasteiger partial charge < -0.3 is 14.5 Å². The molecule has 1 saturated heterocycles. The van der Waals surface area contributed by atoms with Crippen LogP contribution in [0.1, 0.15) is 36.7 Å². The molecule has 158 valence electrons. The molecule has 6 nitrogen and oxygen atoms in total. The third kappa shape index (κ3) is 5.18. The van der Waals surface area contributed by atoms with E-state index in [0.717, 1.165) is 64.5 Å². The highest BCUT2D eigenvalue weighted by molar-refractivity contribution is 5.21. The molecule has 2 aromatic rings. The Bertz CT molecular complexity index is 727. The van der Waals surface area contributed by atoms with Crippen molar-refractivity contribution in [2.45, 2.75) is 31.7 Å². The van der Waals surface area contributed by atoms with Gasteiger partial charge in [-0.05, 0) is 50.4 Å². The number of imidazole rings is 1. The Kier molecular flexibility index (Phi) is 7.19. The summed E-state index contributed by atoms with van der Waals surface area (Å²) < 4.78 is 11.2. The molecule has 1 unspecified atom stereocenters. The average molecular weight is 399 g/mol. The summed E-state index contributed by atoms with van der Waals surface area (Å²) in [6.45, 7) is 7.08. The summed E-state index contributed by atoms with van der Waals surface area (Å²) in [7, 11) is 1.79.